The van der Waals surface area contributed by atoms with Gasteiger partial charge in [-0.1, -0.05) is 36.9 Å². The predicted octanol–water partition coefficient (Wildman–Crippen LogP) is 1.61. The highest BCUT2D eigenvalue weighted by molar-refractivity contribution is 5.93. The van der Waals surface area contributed by atoms with Crippen LogP contribution in [0, 0.1) is 0 Å². The van der Waals surface area contributed by atoms with Crippen LogP contribution in [0.2, 0.25) is 0 Å². The summed E-state index contributed by atoms with van der Waals surface area (Å²) in [5.41, 5.74) is 13.6. The third kappa shape index (κ3) is 2.90. The molecule has 0 aliphatic carbocycles. The molecule has 2 aromatic rings. The number of nitrogen functional groups attached to an aromatic ring is 1. The van der Waals surface area contributed by atoms with E-state index in [0.29, 0.717) is 17.9 Å². The zero-order valence-electron chi connectivity index (χ0n) is 11.7. The highest BCUT2D eigenvalue weighted by Crippen LogP contribution is 2.22. The molecule has 108 valence electrons. The molecular formula is C15H16N4O2. The average molecular weight is 284 g/mol. The number of benzene rings is 1. The minimum atomic E-state index is -0.584. The van der Waals surface area contributed by atoms with Gasteiger partial charge in [0.25, 0.3) is 0 Å². The third-order valence-corrected chi connectivity index (χ3v) is 3.01. The number of esters is 1. The lowest BCUT2D eigenvalue weighted by Crippen LogP contribution is -2.11. The van der Waals surface area contributed by atoms with Gasteiger partial charge >= 0.3 is 5.97 Å². The number of anilines is 1. The quantitative estimate of drug-likeness (QED) is 0.827. The van der Waals surface area contributed by atoms with E-state index in [1.54, 1.807) is 0 Å². The number of carbonyl (C=O) groups excluding carboxylic acids is 1. The van der Waals surface area contributed by atoms with E-state index in [1.807, 2.05) is 24.3 Å². The van der Waals surface area contributed by atoms with Crippen LogP contribution in [-0.2, 0) is 11.3 Å². The van der Waals surface area contributed by atoms with E-state index in [0.717, 1.165) is 11.1 Å². The topological polar surface area (TPSA) is 104 Å². The number of carbonyl (C=O) groups is 1. The fourth-order valence-corrected chi connectivity index (χ4v) is 1.86. The maximum atomic E-state index is 11.8. The van der Waals surface area contributed by atoms with E-state index in [2.05, 4.69) is 16.5 Å². The van der Waals surface area contributed by atoms with Crippen molar-refractivity contribution < 1.29 is 9.53 Å². The van der Waals surface area contributed by atoms with Gasteiger partial charge in [-0.25, -0.2) is 14.8 Å². The molecule has 2 rings (SSSR count). The molecule has 21 heavy (non-hydrogen) atoms. The highest BCUT2D eigenvalue weighted by Gasteiger charge is 2.18. The van der Waals surface area contributed by atoms with Gasteiger partial charge in [0.05, 0.1) is 7.11 Å². The molecule has 0 fully saturated rings. The Bertz CT molecular complexity index is 681. The van der Waals surface area contributed by atoms with Crippen molar-refractivity contribution in [1.82, 2.24) is 9.97 Å². The zero-order chi connectivity index (χ0) is 15.4. The smallest absolute Gasteiger partial charge is 0.357 e. The van der Waals surface area contributed by atoms with E-state index in [1.165, 1.54) is 13.2 Å². The van der Waals surface area contributed by atoms with Gasteiger partial charge < -0.3 is 16.2 Å². The predicted molar refractivity (Wildman–Crippen MR) is 81.2 cm³/mol. The summed E-state index contributed by atoms with van der Waals surface area (Å²) >= 11 is 0. The zero-order valence-corrected chi connectivity index (χ0v) is 11.7. The van der Waals surface area contributed by atoms with E-state index in [-0.39, 0.29) is 11.5 Å². The second-order valence-corrected chi connectivity index (χ2v) is 4.29. The first-order valence-electron chi connectivity index (χ1n) is 6.28. The van der Waals surface area contributed by atoms with Crippen LogP contribution in [0.4, 0.5) is 5.82 Å². The molecule has 4 N–H and O–H groups in total. The van der Waals surface area contributed by atoms with Crippen LogP contribution in [0.3, 0.4) is 0 Å². The molecule has 6 heteroatoms. The monoisotopic (exact) mass is 284 g/mol. The van der Waals surface area contributed by atoms with Crippen LogP contribution >= 0.6 is 0 Å². The van der Waals surface area contributed by atoms with Crippen molar-refractivity contribution in [2.75, 3.05) is 12.8 Å². The maximum absolute atomic E-state index is 11.8. The lowest BCUT2D eigenvalue weighted by Gasteiger charge is -2.09. The summed E-state index contributed by atoms with van der Waals surface area (Å²) in [6.45, 7) is 4.06. The maximum Gasteiger partial charge on any atom is 0.357 e. The Morgan fingerprint density at radius 2 is 2.00 bits per heavy atom. The molecule has 0 aliphatic rings. The van der Waals surface area contributed by atoms with Crippen molar-refractivity contribution in [3.05, 3.63) is 47.7 Å². The second-order valence-electron chi connectivity index (χ2n) is 4.29. The lowest BCUT2D eigenvalue weighted by molar-refractivity contribution is 0.0594. The Balaban J connectivity index is 2.56. The van der Waals surface area contributed by atoms with Crippen LogP contribution in [0.25, 0.3) is 17.5 Å². The molecule has 1 aromatic heterocycles. The van der Waals surface area contributed by atoms with E-state index in [9.17, 15) is 4.79 Å². The van der Waals surface area contributed by atoms with Gasteiger partial charge in [-0.3, -0.25) is 0 Å². The fraction of sp³-hybridized carbons (Fsp3) is 0.133. The van der Waals surface area contributed by atoms with Crippen molar-refractivity contribution in [2.45, 2.75) is 6.54 Å². The number of aromatic nitrogens is 2. The van der Waals surface area contributed by atoms with Gasteiger partial charge in [0, 0.05) is 17.7 Å². The second kappa shape index (κ2) is 6.15. The molecule has 0 saturated heterocycles. The first-order chi connectivity index (χ1) is 10.1. The van der Waals surface area contributed by atoms with E-state index in [4.69, 9.17) is 16.2 Å². The van der Waals surface area contributed by atoms with Gasteiger partial charge in [-0.05, 0) is 5.56 Å². The number of hydrogen-bond donors (Lipinski definition) is 2. The third-order valence-electron chi connectivity index (χ3n) is 3.01. The van der Waals surface area contributed by atoms with Crippen LogP contribution in [0.5, 0.6) is 0 Å². The van der Waals surface area contributed by atoms with Crippen molar-refractivity contribution in [3.63, 3.8) is 0 Å². The summed E-state index contributed by atoms with van der Waals surface area (Å²) < 4.78 is 4.71. The molecule has 0 unspecified atom stereocenters. The lowest BCUT2D eigenvalue weighted by atomic mass is 10.1. The number of nitrogens with two attached hydrogens (primary N) is 2. The number of hydrogen-bond acceptors (Lipinski definition) is 6. The van der Waals surface area contributed by atoms with Crippen LogP contribution in [0.15, 0.2) is 30.8 Å². The minimum Gasteiger partial charge on any atom is -0.464 e. The summed E-state index contributed by atoms with van der Waals surface area (Å²) in [5, 5.41) is 0. The summed E-state index contributed by atoms with van der Waals surface area (Å²) in [5.74, 6) is -0.0563. The van der Waals surface area contributed by atoms with Crippen molar-refractivity contribution in [2.24, 2.45) is 5.73 Å². The van der Waals surface area contributed by atoms with E-state index >= 15 is 0 Å². The molecule has 6 nitrogen and oxygen atoms in total. The number of methoxy groups -OCH3 is 1. The minimum absolute atomic E-state index is 0.0953. The summed E-state index contributed by atoms with van der Waals surface area (Å²) in [6, 6.07) is 7.39. The molecule has 0 atom stereocenters. The van der Waals surface area contributed by atoms with Gasteiger partial charge in [-0.2, -0.15) is 0 Å². The molecule has 0 radical (unpaired) electrons. The van der Waals surface area contributed by atoms with Gasteiger partial charge in [0.15, 0.2) is 11.5 Å². The van der Waals surface area contributed by atoms with Crippen LogP contribution in [0.1, 0.15) is 21.6 Å². The molecule has 0 bridgehead atoms. The summed E-state index contributed by atoms with van der Waals surface area (Å²) in [6.07, 6.45) is 1.43. The Morgan fingerprint density at radius 3 is 2.52 bits per heavy atom. The number of ether oxygens (including phenoxy) is 1. The normalized spacial score (nSPS) is 10.2. The largest absolute Gasteiger partial charge is 0.464 e. The Hall–Kier alpha value is -2.73. The SMILES string of the molecule is C=Cc1c(N)nc(-c2ccc(CN)cc2)nc1C(=O)OC. The first-order valence-corrected chi connectivity index (χ1v) is 6.28. The molecule has 0 amide bonds. The molecule has 0 saturated carbocycles. The summed E-state index contributed by atoms with van der Waals surface area (Å²) in [7, 11) is 1.28. The molecule has 1 aromatic carbocycles. The molecule has 0 spiro atoms. The van der Waals surface area contributed by atoms with Gasteiger partial charge in [0.2, 0.25) is 0 Å². The standard InChI is InChI=1S/C15H16N4O2/c1-3-11-12(15(20)21-2)18-14(19-13(11)17)10-6-4-9(8-16)5-7-10/h3-7H,1,8,16H2,2H3,(H2,17,18,19). The van der Waals surface area contributed by atoms with Crippen molar-refractivity contribution >= 4 is 17.9 Å². The van der Waals surface area contributed by atoms with Gasteiger partial charge in [0.1, 0.15) is 5.82 Å². The van der Waals surface area contributed by atoms with Crippen LogP contribution in [-0.4, -0.2) is 23.0 Å². The Kier molecular flexibility index (Phi) is 4.30. The average Bonchev–Trinajstić information content (AvgIpc) is 2.53. The van der Waals surface area contributed by atoms with Crippen LogP contribution < -0.4 is 11.5 Å². The Labute approximate surface area is 122 Å². The molecule has 1 heterocycles. The number of nitrogens with zero attached hydrogens (tertiary/aromatic N) is 2. The highest BCUT2D eigenvalue weighted by atomic mass is 16.5. The summed E-state index contributed by atoms with van der Waals surface area (Å²) in [4.78, 5) is 20.2. The molecular weight excluding hydrogens is 268 g/mol. The Morgan fingerprint density at radius 1 is 1.33 bits per heavy atom. The van der Waals surface area contributed by atoms with E-state index < -0.39 is 5.97 Å². The first kappa shape index (κ1) is 14.7. The van der Waals surface area contributed by atoms with Gasteiger partial charge in [-0.15, -0.1) is 0 Å². The molecule has 0 aliphatic heterocycles. The van der Waals surface area contributed by atoms with Crippen molar-refractivity contribution in [3.8, 4) is 11.4 Å². The van der Waals surface area contributed by atoms with Crippen molar-refractivity contribution in [1.29, 1.82) is 0 Å². The number of rotatable bonds is 4. The fourth-order valence-electron chi connectivity index (χ4n) is 1.86.